The molecule has 3 amide bonds. The van der Waals surface area contributed by atoms with E-state index < -0.39 is 6.03 Å². The average molecular weight is 427 g/mol. The first kappa shape index (κ1) is 20.9. The third-order valence-corrected chi connectivity index (χ3v) is 4.85. The zero-order valence-electron chi connectivity index (χ0n) is 17.2. The maximum Gasteiger partial charge on any atom is 0.345 e. The minimum Gasteiger partial charge on any atom is -0.370 e. The van der Waals surface area contributed by atoms with E-state index in [4.69, 9.17) is 11.3 Å². The molecule has 0 saturated carbocycles. The first-order valence-electron chi connectivity index (χ1n) is 10.0. The molecule has 1 aliphatic heterocycles. The number of urea groups is 1. The van der Waals surface area contributed by atoms with Crippen LogP contribution < -0.4 is 20.7 Å². The summed E-state index contributed by atoms with van der Waals surface area (Å²) in [5, 5.41) is 4.24. The third-order valence-electron chi connectivity index (χ3n) is 4.85. The highest BCUT2D eigenvalue weighted by atomic mass is 16.5. The van der Waals surface area contributed by atoms with Crippen LogP contribution in [0.2, 0.25) is 0 Å². The van der Waals surface area contributed by atoms with Gasteiger partial charge in [0.15, 0.2) is 5.69 Å². The lowest BCUT2D eigenvalue weighted by molar-refractivity contribution is -0.125. The Labute approximate surface area is 185 Å². The third kappa shape index (κ3) is 4.86. The summed E-state index contributed by atoms with van der Waals surface area (Å²) in [4.78, 5) is 30.2. The van der Waals surface area contributed by atoms with Gasteiger partial charge in [-0.15, -0.1) is 0 Å². The van der Waals surface area contributed by atoms with Gasteiger partial charge in [-0.2, -0.15) is 0 Å². The minimum atomic E-state index is -0.403. The number of benzene rings is 3. The topological polar surface area (TPSA) is 78.3 Å². The van der Waals surface area contributed by atoms with E-state index in [0.29, 0.717) is 35.9 Å². The van der Waals surface area contributed by atoms with E-state index in [9.17, 15) is 9.59 Å². The van der Waals surface area contributed by atoms with E-state index in [2.05, 4.69) is 15.6 Å². The highest BCUT2D eigenvalue weighted by Crippen LogP contribution is 2.23. The second-order valence-corrected chi connectivity index (χ2v) is 7.02. The summed E-state index contributed by atoms with van der Waals surface area (Å²) in [6, 6.07) is 22.7. The molecule has 1 aliphatic rings. The highest BCUT2D eigenvalue weighted by Gasteiger charge is 2.21. The van der Waals surface area contributed by atoms with Gasteiger partial charge in [-0.3, -0.25) is 10.2 Å². The molecule has 0 spiro atoms. The number of ether oxygens (including phenoxy) is 1. The maximum absolute atomic E-state index is 13.1. The molecule has 1 saturated heterocycles. The number of morpholine rings is 1. The van der Waals surface area contributed by atoms with Crippen molar-refractivity contribution in [1.82, 2.24) is 0 Å². The predicted molar refractivity (Wildman–Crippen MR) is 124 cm³/mol. The van der Waals surface area contributed by atoms with Crippen molar-refractivity contribution in [2.24, 2.45) is 0 Å². The fraction of sp³-hybridized carbons (Fsp3) is 0.125. The standard InChI is InChI=1S/C24H21N5O3/c1-25-19-6-5-7-20(16-19)27-29(22-8-3-2-4-9-22)24(31)26-18-10-12-21(13-11-18)28-14-15-32-17-23(28)30/h2-13,16,27H,14-15,17H2,(H,26,31). The van der Waals surface area contributed by atoms with Gasteiger partial charge in [-0.1, -0.05) is 30.3 Å². The number of carbonyl (C=O) groups is 2. The van der Waals surface area contributed by atoms with Gasteiger partial charge in [-0.05, 0) is 48.5 Å². The van der Waals surface area contributed by atoms with Crippen LogP contribution in [0.1, 0.15) is 0 Å². The minimum absolute atomic E-state index is 0.0743. The van der Waals surface area contributed by atoms with E-state index in [1.165, 1.54) is 5.01 Å². The van der Waals surface area contributed by atoms with E-state index in [1.807, 2.05) is 18.2 Å². The second-order valence-electron chi connectivity index (χ2n) is 7.02. The summed E-state index contributed by atoms with van der Waals surface area (Å²) in [5.41, 5.74) is 6.12. The van der Waals surface area contributed by atoms with Crippen molar-refractivity contribution in [2.75, 3.05) is 40.4 Å². The lowest BCUT2D eigenvalue weighted by Crippen LogP contribution is -2.41. The van der Waals surface area contributed by atoms with Crippen LogP contribution in [-0.4, -0.2) is 31.7 Å². The second kappa shape index (κ2) is 9.64. The summed E-state index contributed by atoms with van der Waals surface area (Å²) in [7, 11) is 0. The smallest absolute Gasteiger partial charge is 0.345 e. The van der Waals surface area contributed by atoms with E-state index >= 15 is 0 Å². The van der Waals surface area contributed by atoms with Gasteiger partial charge < -0.3 is 15.0 Å². The number of carbonyl (C=O) groups excluding carboxylic acids is 2. The summed E-state index contributed by atoms with van der Waals surface area (Å²) in [6.07, 6.45) is 0. The van der Waals surface area contributed by atoms with Crippen molar-refractivity contribution in [1.29, 1.82) is 0 Å². The number of anilines is 4. The number of rotatable bonds is 5. The molecular weight excluding hydrogens is 406 g/mol. The molecule has 1 heterocycles. The number of nitrogens with one attached hydrogen (secondary N) is 2. The van der Waals surface area contributed by atoms with Crippen molar-refractivity contribution in [3.63, 3.8) is 0 Å². The van der Waals surface area contributed by atoms with Crippen LogP contribution in [0.4, 0.5) is 33.2 Å². The quantitative estimate of drug-likeness (QED) is 0.458. The Hall–Kier alpha value is -4.35. The number of hydrogen-bond donors (Lipinski definition) is 2. The molecule has 8 nitrogen and oxygen atoms in total. The van der Waals surface area contributed by atoms with Crippen molar-refractivity contribution in [3.05, 3.63) is 90.3 Å². The molecule has 1 fully saturated rings. The Balaban J connectivity index is 1.52. The maximum atomic E-state index is 13.1. The molecule has 160 valence electrons. The first-order valence-corrected chi connectivity index (χ1v) is 10.0. The number of amides is 3. The van der Waals surface area contributed by atoms with E-state index in [-0.39, 0.29) is 12.5 Å². The highest BCUT2D eigenvalue weighted by molar-refractivity contribution is 6.03. The molecule has 0 aromatic heterocycles. The molecule has 3 aromatic carbocycles. The van der Waals surface area contributed by atoms with Gasteiger partial charge in [-0.25, -0.2) is 14.6 Å². The number of hydrazine groups is 1. The molecule has 8 heteroatoms. The van der Waals surface area contributed by atoms with Crippen molar-refractivity contribution >= 4 is 40.4 Å². The summed E-state index contributed by atoms with van der Waals surface area (Å²) < 4.78 is 5.16. The molecular formula is C24H21N5O3. The molecule has 2 N–H and O–H groups in total. The normalized spacial score (nSPS) is 13.2. The molecule has 3 aromatic rings. The first-order chi connectivity index (χ1) is 15.6. The van der Waals surface area contributed by atoms with Gasteiger partial charge in [0.25, 0.3) is 5.91 Å². The zero-order chi connectivity index (χ0) is 22.3. The van der Waals surface area contributed by atoms with Crippen LogP contribution in [0, 0.1) is 6.57 Å². The monoisotopic (exact) mass is 427 g/mol. The van der Waals surface area contributed by atoms with Gasteiger partial charge in [0.05, 0.1) is 18.9 Å². The Bertz CT molecular complexity index is 1140. The summed E-state index contributed by atoms with van der Waals surface area (Å²) in [6.45, 7) is 8.27. The van der Waals surface area contributed by atoms with Crippen molar-refractivity contribution < 1.29 is 14.3 Å². The van der Waals surface area contributed by atoms with Crippen LogP contribution in [0.25, 0.3) is 4.85 Å². The molecule has 0 aliphatic carbocycles. The largest absolute Gasteiger partial charge is 0.370 e. The molecule has 0 radical (unpaired) electrons. The molecule has 0 bridgehead atoms. The Morgan fingerprint density at radius 1 is 1.00 bits per heavy atom. The fourth-order valence-electron chi connectivity index (χ4n) is 3.28. The Kier molecular flexibility index (Phi) is 6.30. The Morgan fingerprint density at radius 3 is 2.50 bits per heavy atom. The van der Waals surface area contributed by atoms with E-state index in [0.717, 1.165) is 5.69 Å². The van der Waals surface area contributed by atoms with Gasteiger partial charge >= 0.3 is 6.03 Å². The fourth-order valence-corrected chi connectivity index (χ4v) is 3.28. The zero-order valence-corrected chi connectivity index (χ0v) is 17.2. The summed E-state index contributed by atoms with van der Waals surface area (Å²) >= 11 is 0. The van der Waals surface area contributed by atoms with Gasteiger partial charge in [0, 0.05) is 23.6 Å². The van der Waals surface area contributed by atoms with Crippen LogP contribution in [-0.2, 0) is 9.53 Å². The average Bonchev–Trinajstić information content (AvgIpc) is 2.84. The van der Waals surface area contributed by atoms with Crippen LogP contribution in [0.15, 0.2) is 78.9 Å². The number of para-hydroxylation sites is 1. The van der Waals surface area contributed by atoms with E-state index in [1.54, 1.807) is 65.6 Å². The van der Waals surface area contributed by atoms with Gasteiger partial charge in [0.1, 0.15) is 6.61 Å². The molecule has 4 rings (SSSR count). The van der Waals surface area contributed by atoms with Crippen LogP contribution in [0.3, 0.4) is 0 Å². The van der Waals surface area contributed by atoms with Crippen LogP contribution >= 0.6 is 0 Å². The lowest BCUT2D eigenvalue weighted by atomic mass is 10.2. The summed E-state index contributed by atoms with van der Waals surface area (Å²) in [5.74, 6) is -0.0888. The Morgan fingerprint density at radius 2 is 1.78 bits per heavy atom. The number of hydrogen-bond acceptors (Lipinski definition) is 4. The predicted octanol–water partition coefficient (Wildman–Crippen LogP) is 4.67. The SMILES string of the molecule is [C-]#[N+]c1cccc(NN(C(=O)Nc2ccc(N3CCOCC3=O)cc2)c2ccccc2)c1. The van der Waals surface area contributed by atoms with Crippen molar-refractivity contribution in [2.45, 2.75) is 0 Å². The molecule has 0 atom stereocenters. The molecule has 32 heavy (non-hydrogen) atoms. The molecule has 0 unspecified atom stereocenters. The van der Waals surface area contributed by atoms with Crippen LogP contribution in [0.5, 0.6) is 0 Å². The lowest BCUT2D eigenvalue weighted by Gasteiger charge is -2.27. The van der Waals surface area contributed by atoms with Gasteiger partial charge in [0.2, 0.25) is 0 Å². The number of nitrogens with zero attached hydrogens (tertiary/aromatic N) is 3. The van der Waals surface area contributed by atoms with Crippen molar-refractivity contribution in [3.8, 4) is 0 Å².